The van der Waals surface area contributed by atoms with Gasteiger partial charge in [-0.1, -0.05) is 0 Å². The molecule has 0 unspecified atom stereocenters. The molecule has 0 fully saturated rings. The predicted molar refractivity (Wildman–Crippen MR) is 54.1 cm³/mol. The minimum absolute atomic E-state index is 0.259. The van der Waals surface area contributed by atoms with E-state index in [2.05, 4.69) is 10.4 Å². The summed E-state index contributed by atoms with van der Waals surface area (Å²) in [7, 11) is 1.54. The molecular formula is C9H13N3O4. The van der Waals surface area contributed by atoms with Crippen LogP contribution < -0.4 is 5.32 Å². The van der Waals surface area contributed by atoms with E-state index in [1.807, 2.05) is 0 Å². The molecule has 0 radical (unpaired) electrons. The zero-order valence-electron chi connectivity index (χ0n) is 8.84. The van der Waals surface area contributed by atoms with Crippen LogP contribution in [0.15, 0.2) is 12.4 Å². The SMILES string of the molecule is COCCNC(=O)c1cnn(CC(=O)O)c1. The summed E-state index contributed by atoms with van der Waals surface area (Å²) in [5, 5.41) is 14.9. The molecule has 1 aromatic rings. The molecule has 0 aliphatic rings. The summed E-state index contributed by atoms with van der Waals surface area (Å²) >= 11 is 0. The smallest absolute Gasteiger partial charge is 0.325 e. The van der Waals surface area contributed by atoms with Crippen LogP contribution in [0.5, 0.6) is 0 Å². The normalized spacial score (nSPS) is 10.1. The maximum atomic E-state index is 11.5. The summed E-state index contributed by atoms with van der Waals surface area (Å²) in [6.45, 7) is 0.569. The number of carboxylic acids is 1. The van der Waals surface area contributed by atoms with Gasteiger partial charge in [0.1, 0.15) is 6.54 Å². The average Bonchev–Trinajstić information content (AvgIpc) is 2.65. The van der Waals surface area contributed by atoms with Crippen LogP contribution in [-0.2, 0) is 16.1 Å². The van der Waals surface area contributed by atoms with Gasteiger partial charge >= 0.3 is 5.97 Å². The van der Waals surface area contributed by atoms with Gasteiger partial charge in [0, 0.05) is 19.9 Å². The number of hydrogen-bond acceptors (Lipinski definition) is 4. The van der Waals surface area contributed by atoms with Gasteiger partial charge in [-0.3, -0.25) is 14.3 Å². The number of ether oxygens (including phenoxy) is 1. The van der Waals surface area contributed by atoms with Gasteiger partial charge in [0.2, 0.25) is 0 Å². The first-order chi connectivity index (χ1) is 7.63. The number of nitrogens with one attached hydrogen (secondary N) is 1. The number of aromatic nitrogens is 2. The molecule has 7 nitrogen and oxygen atoms in total. The molecule has 0 saturated heterocycles. The van der Waals surface area contributed by atoms with Crippen molar-refractivity contribution in [3.05, 3.63) is 18.0 Å². The third-order valence-corrected chi connectivity index (χ3v) is 1.78. The van der Waals surface area contributed by atoms with E-state index in [1.165, 1.54) is 24.2 Å². The first-order valence-corrected chi connectivity index (χ1v) is 4.65. The maximum absolute atomic E-state index is 11.5. The van der Waals surface area contributed by atoms with E-state index in [-0.39, 0.29) is 12.5 Å². The Bertz CT molecular complexity index is 375. The number of amides is 1. The van der Waals surface area contributed by atoms with Gasteiger partial charge < -0.3 is 15.2 Å². The molecule has 0 spiro atoms. The quantitative estimate of drug-likeness (QED) is 0.629. The van der Waals surface area contributed by atoms with Crippen LogP contribution in [0.2, 0.25) is 0 Å². The van der Waals surface area contributed by atoms with Crippen LogP contribution in [0.1, 0.15) is 10.4 Å². The maximum Gasteiger partial charge on any atom is 0.325 e. The molecule has 1 heterocycles. The largest absolute Gasteiger partial charge is 0.480 e. The fourth-order valence-corrected chi connectivity index (χ4v) is 1.07. The molecule has 0 aliphatic carbocycles. The number of carbonyl (C=O) groups excluding carboxylic acids is 1. The minimum atomic E-state index is -1.01. The molecule has 0 atom stereocenters. The highest BCUT2D eigenvalue weighted by molar-refractivity contribution is 5.93. The lowest BCUT2D eigenvalue weighted by Gasteiger charge is -2.01. The molecule has 1 rings (SSSR count). The summed E-state index contributed by atoms with van der Waals surface area (Å²) in [6, 6.07) is 0. The van der Waals surface area contributed by atoms with Crippen molar-refractivity contribution in [2.75, 3.05) is 20.3 Å². The zero-order chi connectivity index (χ0) is 12.0. The topological polar surface area (TPSA) is 93.5 Å². The summed E-state index contributed by atoms with van der Waals surface area (Å²) in [6.07, 6.45) is 2.71. The van der Waals surface area contributed by atoms with E-state index in [0.717, 1.165) is 0 Å². The Morgan fingerprint density at radius 3 is 3.00 bits per heavy atom. The van der Waals surface area contributed by atoms with E-state index >= 15 is 0 Å². The Hall–Kier alpha value is -1.89. The van der Waals surface area contributed by atoms with Gasteiger partial charge in [0.05, 0.1) is 18.4 Å². The van der Waals surface area contributed by atoms with Crippen molar-refractivity contribution in [2.45, 2.75) is 6.54 Å². The Kier molecular flexibility index (Phi) is 4.46. The van der Waals surface area contributed by atoms with Crippen molar-refractivity contribution in [1.82, 2.24) is 15.1 Å². The highest BCUT2D eigenvalue weighted by Gasteiger charge is 2.08. The fraction of sp³-hybridized carbons (Fsp3) is 0.444. The third-order valence-electron chi connectivity index (χ3n) is 1.78. The van der Waals surface area contributed by atoms with Crippen LogP contribution in [-0.4, -0.2) is 47.0 Å². The first-order valence-electron chi connectivity index (χ1n) is 4.65. The first kappa shape index (κ1) is 12.2. The van der Waals surface area contributed by atoms with Gasteiger partial charge in [0.15, 0.2) is 0 Å². The molecule has 0 saturated carbocycles. The summed E-state index contributed by atoms with van der Waals surface area (Å²) in [4.78, 5) is 21.8. The Balaban J connectivity index is 2.49. The van der Waals surface area contributed by atoms with Gasteiger partial charge in [-0.2, -0.15) is 5.10 Å². The average molecular weight is 227 g/mol. The van der Waals surface area contributed by atoms with Crippen molar-refractivity contribution in [1.29, 1.82) is 0 Å². The van der Waals surface area contributed by atoms with Crippen molar-refractivity contribution < 1.29 is 19.4 Å². The standard InChI is InChI=1S/C9H13N3O4/c1-16-3-2-10-9(15)7-4-11-12(5-7)6-8(13)14/h4-5H,2-3,6H2,1H3,(H,10,15)(H,13,14). The number of carbonyl (C=O) groups is 2. The van der Waals surface area contributed by atoms with Gasteiger partial charge in [-0.25, -0.2) is 0 Å². The second-order valence-corrected chi connectivity index (χ2v) is 3.07. The van der Waals surface area contributed by atoms with Crippen LogP contribution in [0.25, 0.3) is 0 Å². The Morgan fingerprint density at radius 1 is 1.62 bits per heavy atom. The molecule has 7 heteroatoms. The van der Waals surface area contributed by atoms with Crippen LogP contribution in [0.3, 0.4) is 0 Å². The van der Waals surface area contributed by atoms with E-state index in [1.54, 1.807) is 0 Å². The second-order valence-electron chi connectivity index (χ2n) is 3.07. The van der Waals surface area contributed by atoms with Crippen molar-refractivity contribution in [3.63, 3.8) is 0 Å². The molecule has 1 aromatic heterocycles. The van der Waals surface area contributed by atoms with Crippen molar-refractivity contribution in [2.24, 2.45) is 0 Å². The number of rotatable bonds is 6. The summed E-state index contributed by atoms with van der Waals surface area (Å²) in [5.74, 6) is -1.30. The number of methoxy groups -OCH3 is 1. The number of aliphatic carboxylic acids is 1. The monoisotopic (exact) mass is 227 g/mol. The molecule has 88 valence electrons. The molecular weight excluding hydrogens is 214 g/mol. The van der Waals surface area contributed by atoms with Crippen LogP contribution in [0.4, 0.5) is 0 Å². The zero-order valence-corrected chi connectivity index (χ0v) is 8.84. The van der Waals surface area contributed by atoms with Crippen LogP contribution >= 0.6 is 0 Å². The summed E-state index contributed by atoms with van der Waals surface area (Å²) in [5.41, 5.74) is 0.331. The Morgan fingerprint density at radius 2 is 2.38 bits per heavy atom. The molecule has 0 aliphatic heterocycles. The lowest BCUT2D eigenvalue weighted by atomic mass is 10.3. The molecule has 2 N–H and O–H groups in total. The van der Waals surface area contributed by atoms with Crippen LogP contribution in [0, 0.1) is 0 Å². The molecule has 0 aromatic carbocycles. The molecule has 1 amide bonds. The third kappa shape index (κ3) is 3.70. The van der Waals surface area contributed by atoms with Crippen molar-refractivity contribution in [3.8, 4) is 0 Å². The lowest BCUT2D eigenvalue weighted by Crippen LogP contribution is -2.26. The molecule has 16 heavy (non-hydrogen) atoms. The van der Waals surface area contributed by atoms with E-state index in [4.69, 9.17) is 9.84 Å². The van der Waals surface area contributed by atoms with E-state index in [0.29, 0.717) is 18.7 Å². The van der Waals surface area contributed by atoms with Crippen molar-refractivity contribution >= 4 is 11.9 Å². The van der Waals surface area contributed by atoms with Gasteiger partial charge in [0.25, 0.3) is 5.91 Å². The highest BCUT2D eigenvalue weighted by atomic mass is 16.5. The second kappa shape index (κ2) is 5.86. The minimum Gasteiger partial charge on any atom is -0.480 e. The highest BCUT2D eigenvalue weighted by Crippen LogP contribution is 1.97. The van der Waals surface area contributed by atoms with E-state index < -0.39 is 5.97 Å². The number of carboxylic acid groups (broad SMARTS) is 1. The van der Waals surface area contributed by atoms with Gasteiger partial charge in [-0.15, -0.1) is 0 Å². The predicted octanol–water partition coefficient (Wildman–Crippen LogP) is -0.656. The number of nitrogens with zero attached hydrogens (tertiary/aromatic N) is 2. The van der Waals surface area contributed by atoms with Gasteiger partial charge in [-0.05, 0) is 0 Å². The molecule has 0 bridgehead atoms. The van der Waals surface area contributed by atoms with E-state index in [9.17, 15) is 9.59 Å². The number of hydrogen-bond donors (Lipinski definition) is 2. The Labute approximate surface area is 92.0 Å². The lowest BCUT2D eigenvalue weighted by molar-refractivity contribution is -0.137. The fourth-order valence-electron chi connectivity index (χ4n) is 1.07. The summed E-state index contributed by atoms with van der Waals surface area (Å²) < 4.78 is 5.96.